The van der Waals surface area contributed by atoms with E-state index in [2.05, 4.69) is 5.32 Å². The van der Waals surface area contributed by atoms with Gasteiger partial charge in [-0.1, -0.05) is 18.0 Å². The van der Waals surface area contributed by atoms with E-state index in [-0.39, 0.29) is 26.6 Å². The molecule has 4 rings (SSSR count). The summed E-state index contributed by atoms with van der Waals surface area (Å²) in [4.78, 5) is 12.3. The maximum Gasteiger partial charge on any atom is 0.255 e. The van der Waals surface area contributed by atoms with Gasteiger partial charge in [0.2, 0.25) is 10.0 Å². The SMILES string of the molecule is O=C(Nc1cc(F)c(F)c(F)c1)c1ccc(Cl)c(S(=O)(=O)N2CCC3(CCC3)CC2)c1. The van der Waals surface area contributed by atoms with Gasteiger partial charge >= 0.3 is 0 Å². The zero-order chi connectivity index (χ0) is 22.4. The fraction of sp³-hybridized carbons (Fsp3) is 0.381. The molecule has 0 aromatic heterocycles. The highest BCUT2D eigenvalue weighted by Gasteiger charge is 2.42. The molecule has 2 aromatic rings. The molecular formula is C21H20ClF3N2O3S. The smallest absolute Gasteiger partial charge is 0.255 e. The largest absolute Gasteiger partial charge is 0.322 e. The molecule has 2 fully saturated rings. The Morgan fingerprint density at radius 3 is 2.16 bits per heavy atom. The Kier molecular flexibility index (Phi) is 5.78. The van der Waals surface area contributed by atoms with E-state index in [4.69, 9.17) is 11.6 Å². The number of carbonyl (C=O) groups excluding carboxylic acids is 1. The minimum Gasteiger partial charge on any atom is -0.322 e. The molecule has 0 radical (unpaired) electrons. The molecule has 1 heterocycles. The van der Waals surface area contributed by atoms with Gasteiger partial charge in [-0.05, 0) is 49.3 Å². The van der Waals surface area contributed by atoms with Crippen molar-refractivity contribution in [2.24, 2.45) is 5.41 Å². The molecule has 2 aromatic carbocycles. The number of piperidine rings is 1. The summed E-state index contributed by atoms with van der Waals surface area (Å²) in [6, 6.07) is 4.98. The first kappa shape index (κ1) is 22.1. The summed E-state index contributed by atoms with van der Waals surface area (Å²) in [5.74, 6) is -5.37. The predicted octanol–water partition coefficient (Wildman–Crippen LogP) is 4.96. The van der Waals surface area contributed by atoms with Crippen LogP contribution < -0.4 is 5.32 Å². The first-order valence-corrected chi connectivity index (χ1v) is 11.7. The topological polar surface area (TPSA) is 66.5 Å². The first-order valence-electron chi connectivity index (χ1n) is 9.87. The molecule has 0 unspecified atom stereocenters. The Balaban J connectivity index is 1.56. The first-order chi connectivity index (χ1) is 14.6. The number of anilines is 1. The van der Waals surface area contributed by atoms with Crippen LogP contribution in [0, 0.1) is 22.9 Å². The maximum atomic E-state index is 13.4. The van der Waals surface area contributed by atoms with Crippen molar-refractivity contribution in [2.45, 2.75) is 37.0 Å². The minimum absolute atomic E-state index is 0.0284. The van der Waals surface area contributed by atoms with E-state index < -0.39 is 33.4 Å². The second-order valence-corrected chi connectivity index (χ2v) is 10.4. The second-order valence-electron chi connectivity index (χ2n) is 8.11. The van der Waals surface area contributed by atoms with E-state index in [0.29, 0.717) is 25.2 Å². The van der Waals surface area contributed by atoms with Gasteiger partial charge in [-0.15, -0.1) is 0 Å². The van der Waals surface area contributed by atoms with Crippen molar-refractivity contribution < 1.29 is 26.4 Å². The van der Waals surface area contributed by atoms with Crippen molar-refractivity contribution >= 4 is 33.2 Å². The van der Waals surface area contributed by atoms with E-state index in [1.807, 2.05) is 0 Å². The number of benzene rings is 2. The van der Waals surface area contributed by atoms with Crippen molar-refractivity contribution in [3.63, 3.8) is 0 Å². The number of hydrogen-bond donors (Lipinski definition) is 1. The molecule has 10 heteroatoms. The van der Waals surface area contributed by atoms with Crippen LogP contribution in [0.1, 0.15) is 42.5 Å². The van der Waals surface area contributed by atoms with Crippen LogP contribution in [0.15, 0.2) is 35.2 Å². The molecule has 1 spiro atoms. The molecule has 1 aliphatic carbocycles. The fourth-order valence-electron chi connectivity index (χ4n) is 4.19. The van der Waals surface area contributed by atoms with Crippen LogP contribution in [0.25, 0.3) is 0 Å². The zero-order valence-electron chi connectivity index (χ0n) is 16.4. The van der Waals surface area contributed by atoms with Crippen LogP contribution in [0.4, 0.5) is 18.9 Å². The average molecular weight is 473 g/mol. The van der Waals surface area contributed by atoms with Gasteiger partial charge in [-0.25, -0.2) is 21.6 Å². The number of nitrogens with zero attached hydrogens (tertiary/aromatic N) is 1. The number of halogens is 4. The Hall–Kier alpha value is -2.10. The van der Waals surface area contributed by atoms with Crippen molar-refractivity contribution in [3.05, 3.63) is 58.4 Å². The standard InChI is InChI=1S/C21H20ClF3N2O3S/c22-15-3-2-13(20(28)26-14-11-16(23)19(25)17(24)12-14)10-18(15)31(29,30)27-8-6-21(7-9-27)4-1-5-21/h2-3,10-12H,1,4-9H2,(H,26,28). The number of hydrogen-bond acceptors (Lipinski definition) is 3. The Morgan fingerprint density at radius 1 is 1.00 bits per heavy atom. The van der Waals surface area contributed by atoms with Crippen LogP contribution in [0.5, 0.6) is 0 Å². The van der Waals surface area contributed by atoms with Gasteiger partial charge in [0.25, 0.3) is 5.91 Å². The Labute approximate surface area is 183 Å². The lowest BCUT2D eigenvalue weighted by atomic mass is 9.63. The van der Waals surface area contributed by atoms with Crippen molar-refractivity contribution in [1.29, 1.82) is 0 Å². The van der Waals surface area contributed by atoms with E-state index >= 15 is 0 Å². The van der Waals surface area contributed by atoms with Gasteiger partial charge in [0.05, 0.1) is 5.02 Å². The summed E-state index contributed by atoms with van der Waals surface area (Å²) in [7, 11) is -3.92. The van der Waals surface area contributed by atoms with Gasteiger partial charge < -0.3 is 5.32 Å². The number of rotatable bonds is 4. The van der Waals surface area contributed by atoms with Gasteiger partial charge in [0.15, 0.2) is 17.5 Å². The van der Waals surface area contributed by atoms with Gasteiger partial charge in [-0.2, -0.15) is 4.31 Å². The van der Waals surface area contributed by atoms with E-state index in [0.717, 1.165) is 31.7 Å². The minimum atomic E-state index is -3.92. The van der Waals surface area contributed by atoms with Gasteiger partial charge in [0, 0.05) is 36.5 Å². The van der Waals surface area contributed by atoms with E-state index in [1.54, 1.807) is 0 Å². The summed E-state index contributed by atoms with van der Waals surface area (Å²) in [5.41, 5.74) is -0.111. The maximum absolute atomic E-state index is 13.4. The molecule has 5 nitrogen and oxygen atoms in total. The lowest BCUT2D eigenvalue weighted by Gasteiger charge is -2.47. The molecule has 1 amide bonds. The third-order valence-electron chi connectivity index (χ3n) is 6.25. The molecule has 166 valence electrons. The molecule has 1 N–H and O–H groups in total. The van der Waals surface area contributed by atoms with Gasteiger partial charge in [-0.3, -0.25) is 4.79 Å². The van der Waals surface area contributed by atoms with Crippen LogP contribution in [0.3, 0.4) is 0 Å². The molecule has 0 bridgehead atoms. The highest BCUT2D eigenvalue weighted by molar-refractivity contribution is 7.89. The lowest BCUT2D eigenvalue weighted by Crippen LogP contribution is -2.45. The predicted molar refractivity (Wildman–Crippen MR) is 110 cm³/mol. The Bertz CT molecular complexity index is 1120. The molecule has 0 atom stereocenters. The van der Waals surface area contributed by atoms with E-state index in [1.165, 1.54) is 22.9 Å². The number of amides is 1. The number of nitrogens with one attached hydrogen (secondary N) is 1. The molecule has 1 saturated carbocycles. The monoisotopic (exact) mass is 472 g/mol. The normalized spacial score (nSPS) is 18.6. The van der Waals surface area contributed by atoms with Crippen LogP contribution in [-0.4, -0.2) is 31.7 Å². The molecule has 1 aliphatic heterocycles. The molecule has 1 saturated heterocycles. The third kappa shape index (κ3) is 4.18. The second kappa shape index (κ2) is 8.11. The highest BCUT2D eigenvalue weighted by Crippen LogP contribution is 2.49. The number of sulfonamides is 1. The summed E-state index contributed by atoms with van der Waals surface area (Å²) < 4.78 is 67.6. The lowest BCUT2D eigenvalue weighted by molar-refractivity contribution is 0.0609. The van der Waals surface area contributed by atoms with Crippen LogP contribution >= 0.6 is 11.6 Å². The van der Waals surface area contributed by atoms with Crippen LogP contribution in [0.2, 0.25) is 5.02 Å². The molecule has 2 aliphatic rings. The van der Waals surface area contributed by atoms with E-state index in [9.17, 15) is 26.4 Å². The Morgan fingerprint density at radius 2 is 1.61 bits per heavy atom. The molecule has 31 heavy (non-hydrogen) atoms. The third-order valence-corrected chi connectivity index (χ3v) is 8.63. The van der Waals surface area contributed by atoms with Crippen molar-refractivity contribution in [3.8, 4) is 0 Å². The summed E-state index contributed by atoms with van der Waals surface area (Å²) in [5, 5.41) is 2.21. The summed E-state index contributed by atoms with van der Waals surface area (Å²) in [6.45, 7) is 0.784. The quantitative estimate of drug-likeness (QED) is 0.639. The summed E-state index contributed by atoms with van der Waals surface area (Å²) in [6.07, 6.45) is 5.03. The van der Waals surface area contributed by atoms with Crippen molar-refractivity contribution in [2.75, 3.05) is 18.4 Å². The van der Waals surface area contributed by atoms with Crippen molar-refractivity contribution in [1.82, 2.24) is 4.31 Å². The zero-order valence-corrected chi connectivity index (χ0v) is 18.0. The van der Waals surface area contributed by atoms with Gasteiger partial charge in [0.1, 0.15) is 4.90 Å². The van der Waals surface area contributed by atoms with Crippen LogP contribution in [-0.2, 0) is 10.0 Å². The average Bonchev–Trinajstić information content (AvgIpc) is 2.71. The highest BCUT2D eigenvalue weighted by atomic mass is 35.5. The number of carbonyl (C=O) groups is 1. The molecular weight excluding hydrogens is 453 g/mol. The summed E-state index contributed by atoms with van der Waals surface area (Å²) >= 11 is 6.14. The fourth-order valence-corrected chi connectivity index (χ4v) is 6.13.